The van der Waals surface area contributed by atoms with Crippen LogP contribution in [0, 0.1) is 6.92 Å². The Morgan fingerprint density at radius 2 is 1.72 bits per heavy atom. The highest BCUT2D eigenvalue weighted by Crippen LogP contribution is 2.24. The van der Waals surface area contributed by atoms with Crippen LogP contribution in [0.25, 0.3) is 17.2 Å². The molecule has 0 spiro atoms. The second-order valence-corrected chi connectivity index (χ2v) is 4.12. The van der Waals surface area contributed by atoms with Gasteiger partial charge in [0.2, 0.25) is 0 Å². The Hall–Kier alpha value is -2.35. The molecule has 0 fully saturated rings. The fraction of sp³-hybridized carbons (Fsp3) is 0.0625. The molecule has 0 bridgehead atoms. The molecule has 0 aromatic heterocycles. The molecule has 0 radical (unpaired) electrons. The number of hydrogen-bond donors (Lipinski definition) is 1. The van der Waals surface area contributed by atoms with Crippen LogP contribution in [-0.4, -0.2) is 11.1 Å². The highest BCUT2D eigenvalue weighted by Gasteiger charge is 2.02. The molecule has 1 N–H and O–H groups in total. The van der Waals surface area contributed by atoms with Crippen molar-refractivity contribution in [3.8, 4) is 11.1 Å². The first-order valence-electron chi connectivity index (χ1n) is 5.74. The predicted octanol–water partition coefficient (Wildman–Crippen LogP) is 3.76. The summed E-state index contributed by atoms with van der Waals surface area (Å²) in [6, 6.07) is 15.9. The summed E-state index contributed by atoms with van der Waals surface area (Å²) in [6.07, 6.45) is 2.78. The maximum absolute atomic E-state index is 10.6. The Balaban J connectivity index is 2.44. The van der Waals surface area contributed by atoms with Gasteiger partial charge in [0.15, 0.2) is 0 Å². The van der Waals surface area contributed by atoms with Gasteiger partial charge in [-0.25, -0.2) is 4.79 Å². The van der Waals surface area contributed by atoms with Gasteiger partial charge in [0.05, 0.1) is 0 Å². The van der Waals surface area contributed by atoms with E-state index >= 15 is 0 Å². The van der Waals surface area contributed by atoms with E-state index in [9.17, 15) is 4.79 Å². The van der Waals surface area contributed by atoms with Crippen LogP contribution in [0.1, 0.15) is 11.1 Å². The van der Waals surface area contributed by atoms with E-state index in [2.05, 4.69) is 0 Å². The van der Waals surface area contributed by atoms with Crippen LogP contribution in [0.2, 0.25) is 0 Å². The summed E-state index contributed by atoms with van der Waals surface area (Å²) in [7, 11) is 0. The number of aryl methyl sites for hydroxylation is 1. The van der Waals surface area contributed by atoms with Gasteiger partial charge in [0.25, 0.3) is 0 Å². The van der Waals surface area contributed by atoms with E-state index < -0.39 is 5.97 Å². The molecule has 90 valence electrons. The molecule has 2 rings (SSSR count). The van der Waals surface area contributed by atoms with Crippen LogP contribution < -0.4 is 0 Å². The van der Waals surface area contributed by atoms with Crippen molar-refractivity contribution in [3.05, 3.63) is 65.7 Å². The molecule has 0 saturated carbocycles. The molecule has 18 heavy (non-hydrogen) atoms. The van der Waals surface area contributed by atoms with Crippen molar-refractivity contribution < 1.29 is 9.90 Å². The lowest BCUT2D eigenvalue weighted by molar-refractivity contribution is -0.131. The topological polar surface area (TPSA) is 37.3 Å². The smallest absolute Gasteiger partial charge is 0.328 e. The van der Waals surface area contributed by atoms with Gasteiger partial charge in [0.1, 0.15) is 0 Å². The number of hydrogen-bond acceptors (Lipinski definition) is 1. The van der Waals surface area contributed by atoms with E-state index in [1.165, 1.54) is 5.56 Å². The zero-order chi connectivity index (χ0) is 13.0. The maximum atomic E-state index is 10.6. The molecule has 0 saturated heterocycles. The molecule has 0 atom stereocenters. The van der Waals surface area contributed by atoms with Crippen LogP contribution in [0.3, 0.4) is 0 Å². The molecular weight excluding hydrogens is 224 g/mol. The van der Waals surface area contributed by atoms with Crippen molar-refractivity contribution in [1.29, 1.82) is 0 Å². The summed E-state index contributed by atoms with van der Waals surface area (Å²) in [5.74, 6) is -0.936. The minimum atomic E-state index is -0.936. The lowest BCUT2D eigenvalue weighted by Gasteiger charge is -2.06. The van der Waals surface area contributed by atoms with Crippen molar-refractivity contribution in [2.45, 2.75) is 6.92 Å². The van der Waals surface area contributed by atoms with E-state index in [4.69, 9.17) is 5.11 Å². The Morgan fingerprint density at radius 3 is 2.39 bits per heavy atom. The van der Waals surface area contributed by atoms with Crippen molar-refractivity contribution in [1.82, 2.24) is 0 Å². The molecule has 0 unspecified atom stereocenters. The first kappa shape index (κ1) is 12.1. The van der Waals surface area contributed by atoms with Gasteiger partial charge in [-0.2, -0.15) is 0 Å². The molecule has 0 amide bonds. The zero-order valence-electron chi connectivity index (χ0n) is 10.1. The molecule has 0 aliphatic carbocycles. The normalized spacial score (nSPS) is 10.7. The van der Waals surface area contributed by atoms with E-state index in [0.29, 0.717) is 0 Å². The third kappa shape index (κ3) is 2.86. The maximum Gasteiger partial charge on any atom is 0.328 e. The van der Waals surface area contributed by atoms with E-state index in [-0.39, 0.29) is 0 Å². The lowest BCUT2D eigenvalue weighted by Crippen LogP contribution is -1.87. The number of aliphatic carboxylic acids is 1. The summed E-state index contributed by atoms with van der Waals surface area (Å²) >= 11 is 0. The summed E-state index contributed by atoms with van der Waals surface area (Å²) in [6.45, 7) is 2.04. The van der Waals surface area contributed by atoms with Crippen LogP contribution in [0.4, 0.5) is 0 Å². The van der Waals surface area contributed by atoms with Crippen LogP contribution in [0.5, 0.6) is 0 Å². The molecular formula is C16H14O2. The average Bonchev–Trinajstić information content (AvgIpc) is 2.38. The monoisotopic (exact) mass is 238 g/mol. The third-order valence-electron chi connectivity index (χ3n) is 2.73. The van der Waals surface area contributed by atoms with Gasteiger partial charge in [0, 0.05) is 6.08 Å². The van der Waals surface area contributed by atoms with Crippen LogP contribution in [0.15, 0.2) is 54.6 Å². The molecule has 0 heterocycles. The predicted molar refractivity (Wildman–Crippen MR) is 73.3 cm³/mol. The van der Waals surface area contributed by atoms with Gasteiger partial charge in [-0.15, -0.1) is 0 Å². The standard InChI is InChI=1S/C16H14O2/c1-12-6-8-14(9-7-12)15-5-3-2-4-13(15)10-11-16(17)18/h2-11H,1H3,(H,17,18)/b11-10+. The van der Waals surface area contributed by atoms with E-state index in [1.807, 2.05) is 55.5 Å². The SMILES string of the molecule is Cc1ccc(-c2ccccc2/C=C/C(=O)O)cc1. The fourth-order valence-corrected chi connectivity index (χ4v) is 1.80. The summed E-state index contributed by atoms with van der Waals surface area (Å²) in [4.78, 5) is 10.6. The number of rotatable bonds is 3. The van der Waals surface area contributed by atoms with Gasteiger partial charge >= 0.3 is 5.97 Å². The minimum absolute atomic E-state index is 0.906. The molecule has 2 aromatic rings. The van der Waals surface area contributed by atoms with Gasteiger partial charge in [-0.3, -0.25) is 0 Å². The van der Waals surface area contributed by atoms with Crippen molar-refractivity contribution in [2.75, 3.05) is 0 Å². The third-order valence-corrected chi connectivity index (χ3v) is 2.73. The minimum Gasteiger partial charge on any atom is -0.478 e. The zero-order valence-corrected chi connectivity index (χ0v) is 10.1. The first-order valence-corrected chi connectivity index (χ1v) is 5.74. The first-order chi connectivity index (χ1) is 8.66. The van der Waals surface area contributed by atoms with E-state index in [0.717, 1.165) is 22.8 Å². The second kappa shape index (κ2) is 5.32. The molecule has 2 aromatic carbocycles. The lowest BCUT2D eigenvalue weighted by atomic mass is 9.98. The molecule has 2 heteroatoms. The quantitative estimate of drug-likeness (QED) is 0.827. The van der Waals surface area contributed by atoms with Crippen molar-refractivity contribution in [2.24, 2.45) is 0 Å². The number of benzene rings is 2. The molecule has 0 aliphatic heterocycles. The number of carbonyl (C=O) groups is 1. The van der Waals surface area contributed by atoms with Gasteiger partial charge in [-0.05, 0) is 29.7 Å². The van der Waals surface area contributed by atoms with Gasteiger partial charge in [-0.1, -0.05) is 54.1 Å². The van der Waals surface area contributed by atoms with Crippen LogP contribution in [-0.2, 0) is 4.79 Å². The van der Waals surface area contributed by atoms with Crippen molar-refractivity contribution in [3.63, 3.8) is 0 Å². The Labute approximate surface area is 106 Å². The molecule has 0 aliphatic rings. The Kier molecular flexibility index (Phi) is 3.58. The van der Waals surface area contributed by atoms with E-state index in [1.54, 1.807) is 6.08 Å². The number of carboxylic acids is 1. The Morgan fingerprint density at radius 1 is 1.06 bits per heavy atom. The van der Waals surface area contributed by atoms with Gasteiger partial charge < -0.3 is 5.11 Å². The Bertz CT molecular complexity index is 580. The largest absolute Gasteiger partial charge is 0.478 e. The highest BCUT2D eigenvalue weighted by atomic mass is 16.4. The summed E-state index contributed by atoms with van der Waals surface area (Å²) in [5, 5.41) is 8.69. The second-order valence-electron chi connectivity index (χ2n) is 4.12. The number of carboxylic acid groups (broad SMARTS) is 1. The highest BCUT2D eigenvalue weighted by molar-refractivity contribution is 5.87. The molecule has 2 nitrogen and oxygen atoms in total. The fourth-order valence-electron chi connectivity index (χ4n) is 1.80. The van der Waals surface area contributed by atoms with Crippen molar-refractivity contribution >= 4 is 12.0 Å². The average molecular weight is 238 g/mol. The van der Waals surface area contributed by atoms with Crippen LogP contribution >= 0.6 is 0 Å². The summed E-state index contributed by atoms with van der Waals surface area (Å²) < 4.78 is 0. The summed E-state index contributed by atoms with van der Waals surface area (Å²) in [5.41, 5.74) is 4.24.